The molecule has 126 valence electrons. The Kier molecular flexibility index (Phi) is 4.65. The minimum Gasteiger partial charge on any atom is -0.337 e. The van der Waals surface area contributed by atoms with E-state index in [0.29, 0.717) is 5.69 Å². The lowest BCUT2D eigenvalue weighted by molar-refractivity contribution is 0.102. The highest BCUT2D eigenvalue weighted by molar-refractivity contribution is 6.02. The smallest absolute Gasteiger partial charge is 0.275 e. The summed E-state index contributed by atoms with van der Waals surface area (Å²) >= 11 is 0. The van der Waals surface area contributed by atoms with Crippen LogP contribution in [0.2, 0.25) is 0 Å². The minimum atomic E-state index is -0.747. The van der Waals surface area contributed by atoms with Crippen molar-refractivity contribution in [2.24, 2.45) is 0 Å². The molecule has 0 saturated carbocycles. The van der Waals surface area contributed by atoms with Gasteiger partial charge in [0.25, 0.3) is 5.91 Å². The lowest BCUT2D eigenvalue weighted by atomic mass is 10.2. The molecule has 1 amide bonds. The van der Waals surface area contributed by atoms with Gasteiger partial charge >= 0.3 is 0 Å². The van der Waals surface area contributed by atoms with Gasteiger partial charge in [-0.2, -0.15) is 0 Å². The van der Waals surface area contributed by atoms with Crippen molar-refractivity contribution in [3.05, 3.63) is 77.8 Å². The van der Waals surface area contributed by atoms with Crippen LogP contribution < -0.4 is 10.6 Å². The molecule has 1 aromatic heterocycles. The van der Waals surface area contributed by atoms with E-state index in [0.717, 1.165) is 17.7 Å². The first-order valence-electron chi connectivity index (χ1n) is 7.43. The Morgan fingerprint density at radius 1 is 1.00 bits per heavy atom. The van der Waals surface area contributed by atoms with Crippen molar-refractivity contribution in [2.75, 3.05) is 10.6 Å². The third-order valence-electron chi connectivity index (χ3n) is 3.39. The molecule has 0 aliphatic rings. The predicted molar refractivity (Wildman–Crippen MR) is 90.8 cm³/mol. The lowest BCUT2D eigenvalue weighted by Gasteiger charge is -2.08. The Bertz CT molecular complexity index is 896. The van der Waals surface area contributed by atoms with Crippen molar-refractivity contribution in [1.29, 1.82) is 0 Å². The molecule has 25 heavy (non-hydrogen) atoms. The number of amides is 1. The van der Waals surface area contributed by atoms with E-state index >= 15 is 0 Å². The van der Waals surface area contributed by atoms with E-state index in [9.17, 15) is 13.6 Å². The predicted octanol–water partition coefficient (Wildman–Crippen LogP) is 4.06. The standard InChI is InChI=1S/C18H14F2N4O/c1-11-2-5-13(6-3-11)23-18(25)16-9-22-17(10-21-16)24-15-7-4-12(19)8-14(15)20/h2-10H,1H3,(H,22,24)(H,23,25). The van der Waals surface area contributed by atoms with E-state index in [1.165, 1.54) is 18.5 Å². The molecule has 0 radical (unpaired) electrons. The number of halogens is 2. The van der Waals surface area contributed by atoms with Crippen LogP contribution in [0.15, 0.2) is 54.9 Å². The summed E-state index contributed by atoms with van der Waals surface area (Å²) in [5.41, 5.74) is 1.91. The molecule has 2 N–H and O–H groups in total. The normalized spacial score (nSPS) is 10.4. The number of hydrogen-bond acceptors (Lipinski definition) is 4. The van der Waals surface area contributed by atoms with Crippen molar-refractivity contribution in [2.45, 2.75) is 6.92 Å². The van der Waals surface area contributed by atoms with Crippen molar-refractivity contribution in [1.82, 2.24) is 9.97 Å². The van der Waals surface area contributed by atoms with Crippen LogP contribution >= 0.6 is 0 Å². The molecule has 0 aliphatic carbocycles. The first kappa shape index (κ1) is 16.5. The van der Waals surface area contributed by atoms with E-state index < -0.39 is 17.5 Å². The van der Waals surface area contributed by atoms with Gasteiger partial charge in [0.2, 0.25) is 0 Å². The fraction of sp³-hybridized carbons (Fsp3) is 0.0556. The maximum absolute atomic E-state index is 13.6. The molecule has 0 saturated heterocycles. The van der Waals surface area contributed by atoms with Crippen molar-refractivity contribution in [3.8, 4) is 0 Å². The quantitative estimate of drug-likeness (QED) is 0.752. The van der Waals surface area contributed by atoms with Gasteiger partial charge in [-0.3, -0.25) is 4.79 Å². The first-order valence-corrected chi connectivity index (χ1v) is 7.43. The van der Waals surface area contributed by atoms with Crippen LogP contribution in [0.1, 0.15) is 16.1 Å². The van der Waals surface area contributed by atoms with E-state index in [2.05, 4.69) is 20.6 Å². The van der Waals surface area contributed by atoms with Crippen LogP contribution in [-0.4, -0.2) is 15.9 Å². The molecule has 5 nitrogen and oxygen atoms in total. The van der Waals surface area contributed by atoms with E-state index in [-0.39, 0.29) is 17.2 Å². The molecule has 2 aromatic carbocycles. The van der Waals surface area contributed by atoms with Crippen LogP contribution in [0.4, 0.5) is 26.0 Å². The van der Waals surface area contributed by atoms with Crippen LogP contribution in [0.5, 0.6) is 0 Å². The number of nitrogens with one attached hydrogen (secondary N) is 2. The molecule has 0 fully saturated rings. The topological polar surface area (TPSA) is 66.9 Å². The van der Waals surface area contributed by atoms with Gasteiger partial charge in [-0.05, 0) is 31.2 Å². The number of carbonyl (C=O) groups excluding carboxylic acids is 1. The molecule has 3 aromatic rings. The minimum absolute atomic E-state index is 0.0626. The van der Waals surface area contributed by atoms with E-state index in [4.69, 9.17) is 0 Å². The Morgan fingerprint density at radius 3 is 2.40 bits per heavy atom. The number of anilines is 3. The van der Waals surface area contributed by atoms with Crippen LogP contribution in [0, 0.1) is 18.6 Å². The Morgan fingerprint density at radius 2 is 1.76 bits per heavy atom. The second-order valence-electron chi connectivity index (χ2n) is 5.36. The largest absolute Gasteiger partial charge is 0.337 e. The van der Waals surface area contributed by atoms with Gasteiger partial charge in [-0.15, -0.1) is 0 Å². The number of nitrogens with zero attached hydrogens (tertiary/aromatic N) is 2. The van der Waals surface area contributed by atoms with Gasteiger partial charge < -0.3 is 10.6 Å². The summed E-state index contributed by atoms with van der Waals surface area (Å²) in [6.07, 6.45) is 2.57. The molecule has 0 aliphatic heterocycles. The number of carbonyl (C=O) groups is 1. The van der Waals surface area contributed by atoms with Gasteiger partial charge in [-0.25, -0.2) is 18.7 Å². The number of aryl methyl sites for hydroxylation is 1. The zero-order valence-electron chi connectivity index (χ0n) is 13.3. The fourth-order valence-corrected chi connectivity index (χ4v) is 2.07. The number of rotatable bonds is 4. The zero-order valence-corrected chi connectivity index (χ0v) is 13.3. The maximum Gasteiger partial charge on any atom is 0.275 e. The van der Waals surface area contributed by atoms with Gasteiger partial charge in [-0.1, -0.05) is 17.7 Å². The summed E-state index contributed by atoms with van der Waals surface area (Å²) in [5, 5.41) is 5.38. The van der Waals surface area contributed by atoms with Crippen LogP contribution in [-0.2, 0) is 0 Å². The molecule has 3 rings (SSSR count). The number of aromatic nitrogens is 2. The molecule has 7 heteroatoms. The lowest BCUT2D eigenvalue weighted by Crippen LogP contribution is -2.14. The molecule has 1 heterocycles. The van der Waals surface area contributed by atoms with Crippen molar-refractivity contribution >= 4 is 23.1 Å². The highest BCUT2D eigenvalue weighted by atomic mass is 19.1. The fourth-order valence-electron chi connectivity index (χ4n) is 2.07. The number of benzene rings is 2. The van der Waals surface area contributed by atoms with E-state index in [1.54, 1.807) is 12.1 Å². The van der Waals surface area contributed by atoms with Crippen molar-refractivity contribution in [3.63, 3.8) is 0 Å². The summed E-state index contributed by atoms with van der Waals surface area (Å²) in [6, 6.07) is 10.5. The summed E-state index contributed by atoms with van der Waals surface area (Å²) in [4.78, 5) is 20.1. The highest BCUT2D eigenvalue weighted by Crippen LogP contribution is 2.19. The molecular weight excluding hydrogens is 326 g/mol. The first-order chi connectivity index (χ1) is 12.0. The zero-order chi connectivity index (χ0) is 17.8. The highest BCUT2D eigenvalue weighted by Gasteiger charge is 2.10. The Labute approximate surface area is 142 Å². The SMILES string of the molecule is Cc1ccc(NC(=O)c2cnc(Nc3ccc(F)cc3F)cn2)cc1. The average Bonchev–Trinajstić information content (AvgIpc) is 2.60. The summed E-state index contributed by atoms with van der Waals surface area (Å²) < 4.78 is 26.5. The monoisotopic (exact) mass is 340 g/mol. The average molecular weight is 340 g/mol. The van der Waals surface area contributed by atoms with E-state index in [1.807, 2.05) is 19.1 Å². The Hall–Kier alpha value is -3.35. The summed E-state index contributed by atoms with van der Waals surface area (Å²) in [5.74, 6) is -1.59. The second-order valence-corrected chi connectivity index (χ2v) is 5.36. The maximum atomic E-state index is 13.6. The van der Waals surface area contributed by atoms with Gasteiger partial charge in [0.1, 0.15) is 23.1 Å². The summed E-state index contributed by atoms with van der Waals surface area (Å²) in [7, 11) is 0. The molecule has 0 unspecified atom stereocenters. The van der Waals surface area contributed by atoms with Gasteiger partial charge in [0, 0.05) is 11.8 Å². The molecule has 0 atom stereocenters. The summed E-state index contributed by atoms with van der Waals surface area (Å²) in [6.45, 7) is 1.95. The van der Waals surface area contributed by atoms with Crippen LogP contribution in [0.3, 0.4) is 0 Å². The molecular formula is C18H14F2N4O. The van der Waals surface area contributed by atoms with Crippen LogP contribution in [0.25, 0.3) is 0 Å². The van der Waals surface area contributed by atoms with Gasteiger partial charge in [0.15, 0.2) is 0 Å². The molecule has 0 bridgehead atoms. The number of hydrogen-bond donors (Lipinski definition) is 2. The third-order valence-corrected chi connectivity index (χ3v) is 3.39. The molecule has 0 spiro atoms. The third kappa shape index (κ3) is 4.14. The van der Waals surface area contributed by atoms with Crippen molar-refractivity contribution < 1.29 is 13.6 Å². The Balaban J connectivity index is 1.69. The van der Waals surface area contributed by atoms with Gasteiger partial charge in [0.05, 0.1) is 18.1 Å². The second kappa shape index (κ2) is 7.04.